The van der Waals surface area contributed by atoms with Gasteiger partial charge in [0.25, 0.3) is 0 Å². The van der Waals surface area contributed by atoms with E-state index < -0.39 is 67.4 Å². The van der Waals surface area contributed by atoms with Gasteiger partial charge in [-0.05, 0) is 6.42 Å². The Bertz CT molecular complexity index is 434. The molecule has 0 aromatic heterocycles. The Morgan fingerprint density at radius 2 is 1.78 bits per heavy atom. The average Bonchev–Trinajstić information content (AvgIpc) is 2.77. The summed E-state index contributed by atoms with van der Waals surface area (Å²) in [5, 5.41) is 71.6. The Kier molecular flexibility index (Phi) is 4.66. The highest BCUT2D eigenvalue weighted by molar-refractivity contribution is 5.08. The van der Waals surface area contributed by atoms with Gasteiger partial charge in [0.2, 0.25) is 0 Å². The molecule has 3 rings (SSSR count). The lowest BCUT2D eigenvalue weighted by Gasteiger charge is -2.44. The summed E-state index contributed by atoms with van der Waals surface area (Å²) in [5.74, 6) is 0. The molecule has 3 fully saturated rings. The van der Waals surface area contributed by atoms with Crippen molar-refractivity contribution in [3.8, 4) is 0 Å². The standard InChI is InChI=1S/C13H23NO9/c15-3-7-8(17)9(18)10(19)12(23-7)22-6-1-4-5(16)2-13(21,14-4)11(6)20/h4-12,14-21H,1-3H2. The van der Waals surface area contributed by atoms with Crippen molar-refractivity contribution in [3.63, 3.8) is 0 Å². The summed E-state index contributed by atoms with van der Waals surface area (Å²) in [7, 11) is 0. The summed E-state index contributed by atoms with van der Waals surface area (Å²) in [6.07, 6.45) is -10.3. The largest absolute Gasteiger partial charge is 0.394 e. The van der Waals surface area contributed by atoms with Crippen molar-refractivity contribution in [2.75, 3.05) is 6.61 Å². The molecule has 10 unspecified atom stereocenters. The van der Waals surface area contributed by atoms with Gasteiger partial charge < -0.3 is 45.2 Å². The van der Waals surface area contributed by atoms with Crippen LogP contribution in [-0.4, -0.2) is 103 Å². The Hall–Kier alpha value is -0.400. The lowest BCUT2D eigenvalue weighted by molar-refractivity contribution is -0.325. The number of aliphatic hydroxyl groups is 7. The Morgan fingerprint density at radius 3 is 2.43 bits per heavy atom. The molecule has 0 radical (unpaired) electrons. The van der Waals surface area contributed by atoms with E-state index in [2.05, 4.69) is 5.32 Å². The number of fused-ring (bicyclic) bond motifs is 2. The van der Waals surface area contributed by atoms with E-state index in [1.54, 1.807) is 0 Å². The van der Waals surface area contributed by atoms with E-state index in [1.165, 1.54) is 0 Å². The Balaban J connectivity index is 1.71. The maximum Gasteiger partial charge on any atom is 0.187 e. The summed E-state index contributed by atoms with van der Waals surface area (Å²) in [4.78, 5) is 0. The second kappa shape index (κ2) is 6.15. The summed E-state index contributed by atoms with van der Waals surface area (Å²) in [6.45, 7) is -0.592. The molecular weight excluding hydrogens is 314 g/mol. The van der Waals surface area contributed by atoms with Crippen molar-refractivity contribution in [1.82, 2.24) is 5.32 Å². The molecule has 0 aromatic rings. The van der Waals surface area contributed by atoms with Gasteiger partial charge in [-0.1, -0.05) is 0 Å². The molecule has 3 aliphatic rings. The van der Waals surface area contributed by atoms with E-state index in [-0.39, 0.29) is 12.8 Å². The van der Waals surface area contributed by atoms with Crippen molar-refractivity contribution < 1.29 is 45.2 Å². The molecule has 10 heteroatoms. The first kappa shape index (κ1) is 17.4. The maximum atomic E-state index is 10.3. The van der Waals surface area contributed by atoms with Gasteiger partial charge in [-0.15, -0.1) is 0 Å². The van der Waals surface area contributed by atoms with E-state index in [4.69, 9.17) is 14.6 Å². The van der Waals surface area contributed by atoms with Gasteiger partial charge in [-0.25, -0.2) is 0 Å². The van der Waals surface area contributed by atoms with Gasteiger partial charge in [-0.2, -0.15) is 0 Å². The van der Waals surface area contributed by atoms with Crippen LogP contribution in [0.5, 0.6) is 0 Å². The predicted octanol–water partition coefficient (Wildman–Crippen LogP) is -4.65. The quantitative estimate of drug-likeness (QED) is 0.250. The van der Waals surface area contributed by atoms with Crippen LogP contribution in [0.1, 0.15) is 12.8 Å². The highest BCUT2D eigenvalue weighted by Crippen LogP contribution is 2.37. The SMILES string of the molecule is OCC1OC(OC2CC3NC(O)(CC3O)C2O)C(O)C(O)C1O. The van der Waals surface area contributed by atoms with Crippen molar-refractivity contribution >= 4 is 0 Å². The zero-order chi connectivity index (χ0) is 16.9. The van der Waals surface area contributed by atoms with Gasteiger partial charge >= 0.3 is 0 Å². The predicted molar refractivity (Wildman–Crippen MR) is 71.8 cm³/mol. The molecule has 3 saturated heterocycles. The zero-order valence-corrected chi connectivity index (χ0v) is 12.3. The van der Waals surface area contributed by atoms with Crippen molar-refractivity contribution in [1.29, 1.82) is 0 Å². The van der Waals surface area contributed by atoms with Crippen molar-refractivity contribution in [2.24, 2.45) is 0 Å². The van der Waals surface area contributed by atoms with Crippen LogP contribution in [-0.2, 0) is 9.47 Å². The summed E-state index contributed by atoms with van der Waals surface area (Å²) in [6, 6.07) is -0.488. The number of ether oxygens (including phenoxy) is 2. The fourth-order valence-corrected chi connectivity index (χ4v) is 3.53. The third-order valence-electron chi connectivity index (χ3n) is 4.91. The van der Waals surface area contributed by atoms with Crippen LogP contribution >= 0.6 is 0 Å². The molecule has 0 saturated carbocycles. The van der Waals surface area contributed by atoms with Crippen LogP contribution in [0.25, 0.3) is 0 Å². The van der Waals surface area contributed by atoms with Crippen LogP contribution in [0.15, 0.2) is 0 Å². The Morgan fingerprint density at radius 1 is 1.09 bits per heavy atom. The van der Waals surface area contributed by atoms with E-state index in [0.29, 0.717) is 0 Å². The highest BCUT2D eigenvalue weighted by Gasteiger charge is 2.57. The van der Waals surface area contributed by atoms with Gasteiger partial charge in [0.05, 0.1) is 18.8 Å². The second-order valence-electron chi connectivity index (χ2n) is 6.50. The molecular formula is C13H23NO9. The Labute approximate surface area is 131 Å². The number of nitrogens with one attached hydrogen (secondary N) is 1. The third kappa shape index (κ3) is 2.89. The summed E-state index contributed by atoms with van der Waals surface area (Å²) < 4.78 is 10.7. The third-order valence-corrected chi connectivity index (χ3v) is 4.91. The van der Waals surface area contributed by atoms with Gasteiger partial charge in [0.15, 0.2) is 6.29 Å². The number of aliphatic hydroxyl groups excluding tert-OH is 6. The van der Waals surface area contributed by atoms with Gasteiger partial charge in [-0.3, -0.25) is 5.32 Å². The monoisotopic (exact) mass is 337 g/mol. The first-order chi connectivity index (χ1) is 10.8. The number of rotatable bonds is 3. The van der Waals surface area contributed by atoms with Gasteiger partial charge in [0.1, 0.15) is 36.2 Å². The number of hydrogen-bond donors (Lipinski definition) is 8. The fraction of sp³-hybridized carbons (Fsp3) is 1.00. The number of piperidine rings is 1. The van der Waals surface area contributed by atoms with Crippen LogP contribution in [0.3, 0.4) is 0 Å². The average molecular weight is 337 g/mol. The lowest BCUT2D eigenvalue weighted by Crippen LogP contribution is -2.65. The molecule has 3 heterocycles. The molecule has 10 nitrogen and oxygen atoms in total. The highest BCUT2D eigenvalue weighted by atomic mass is 16.7. The molecule has 0 aliphatic carbocycles. The lowest BCUT2D eigenvalue weighted by atomic mass is 9.95. The molecule has 8 N–H and O–H groups in total. The smallest absolute Gasteiger partial charge is 0.187 e. The molecule has 10 atom stereocenters. The maximum absolute atomic E-state index is 10.3. The van der Waals surface area contributed by atoms with Crippen LogP contribution in [0.2, 0.25) is 0 Å². The minimum atomic E-state index is -1.71. The second-order valence-corrected chi connectivity index (χ2v) is 6.50. The first-order valence-electron chi connectivity index (χ1n) is 7.59. The van der Waals surface area contributed by atoms with Crippen molar-refractivity contribution in [3.05, 3.63) is 0 Å². The zero-order valence-electron chi connectivity index (χ0n) is 12.3. The van der Waals surface area contributed by atoms with E-state index >= 15 is 0 Å². The molecule has 134 valence electrons. The van der Waals surface area contributed by atoms with Crippen LogP contribution < -0.4 is 5.32 Å². The van der Waals surface area contributed by atoms with E-state index in [9.17, 15) is 30.6 Å². The molecule has 0 spiro atoms. The molecule has 0 amide bonds. The fourth-order valence-electron chi connectivity index (χ4n) is 3.53. The first-order valence-corrected chi connectivity index (χ1v) is 7.59. The van der Waals surface area contributed by atoms with Crippen molar-refractivity contribution in [2.45, 2.75) is 73.6 Å². The minimum absolute atomic E-state index is 0.0621. The van der Waals surface area contributed by atoms with Crippen LogP contribution in [0, 0.1) is 0 Å². The molecule has 2 bridgehead atoms. The van der Waals surface area contributed by atoms with Crippen LogP contribution in [0.4, 0.5) is 0 Å². The number of hydrogen-bond acceptors (Lipinski definition) is 10. The molecule has 3 aliphatic heterocycles. The topological polar surface area (TPSA) is 172 Å². The van der Waals surface area contributed by atoms with E-state index in [1.807, 2.05) is 0 Å². The molecule has 0 aromatic carbocycles. The van der Waals surface area contributed by atoms with E-state index in [0.717, 1.165) is 0 Å². The minimum Gasteiger partial charge on any atom is -0.394 e. The summed E-state index contributed by atoms with van der Waals surface area (Å²) >= 11 is 0. The summed E-state index contributed by atoms with van der Waals surface area (Å²) in [5.41, 5.74) is -1.71. The molecule has 23 heavy (non-hydrogen) atoms. The normalized spacial score (nSPS) is 56.7. The van der Waals surface area contributed by atoms with Gasteiger partial charge in [0, 0.05) is 12.5 Å².